The van der Waals surface area contributed by atoms with Crippen LogP contribution in [0.1, 0.15) is 15.9 Å². The summed E-state index contributed by atoms with van der Waals surface area (Å²) in [5.74, 6) is 4.25. The van der Waals surface area contributed by atoms with Gasteiger partial charge in [0, 0.05) is 11.1 Å². The molecule has 0 heterocycles. The van der Waals surface area contributed by atoms with Gasteiger partial charge in [0.15, 0.2) is 5.78 Å². The largest absolute Gasteiger partial charge is 0.497 e. The summed E-state index contributed by atoms with van der Waals surface area (Å²) in [4.78, 5) is 12.3. The minimum atomic E-state index is -0.122. The third kappa shape index (κ3) is 4.40. The molecule has 4 nitrogen and oxygen atoms in total. The lowest BCUT2D eigenvalue weighted by Crippen LogP contribution is -1.97. The SMILES string of the molecule is C#CCOc1ccc(OC)cc1/C=C/C(=O)c1ccc(OC)cc1. The smallest absolute Gasteiger partial charge is 0.185 e. The lowest BCUT2D eigenvalue weighted by atomic mass is 10.1. The lowest BCUT2D eigenvalue weighted by molar-refractivity contribution is 0.104. The standard InChI is InChI=1S/C20H18O4/c1-4-13-24-20-12-10-18(23-3)14-16(20)7-11-19(21)15-5-8-17(22-2)9-6-15/h1,5-12,14H,13H2,2-3H3/b11-7+. The second-order valence-electron chi connectivity index (χ2n) is 4.82. The zero-order valence-electron chi connectivity index (χ0n) is 13.6. The predicted molar refractivity (Wildman–Crippen MR) is 93.7 cm³/mol. The molecule has 24 heavy (non-hydrogen) atoms. The molecule has 0 atom stereocenters. The first-order valence-corrected chi connectivity index (χ1v) is 7.28. The number of carbonyl (C=O) groups excluding carboxylic acids is 1. The number of allylic oxidation sites excluding steroid dienone is 1. The average molecular weight is 322 g/mol. The summed E-state index contributed by atoms with van der Waals surface area (Å²) < 4.78 is 15.8. The molecule has 2 aromatic rings. The highest BCUT2D eigenvalue weighted by molar-refractivity contribution is 6.07. The van der Waals surface area contributed by atoms with Crippen LogP contribution in [0.4, 0.5) is 0 Å². The van der Waals surface area contributed by atoms with Crippen molar-refractivity contribution in [1.29, 1.82) is 0 Å². The van der Waals surface area contributed by atoms with Gasteiger partial charge in [0.2, 0.25) is 0 Å². The number of terminal acetylenes is 1. The van der Waals surface area contributed by atoms with E-state index < -0.39 is 0 Å². The molecule has 122 valence electrons. The molecule has 0 aliphatic heterocycles. The fourth-order valence-electron chi connectivity index (χ4n) is 2.05. The lowest BCUT2D eigenvalue weighted by Gasteiger charge is -2.08. The minimum Gasteiger partial charge on any atom is -0.497 e. The van der Waals surface area contributed by atoms with Crippen molar-refractivity contribution in [1.82, 2.24) is 0 Å². The van der Waals surface area contributed by atoms with E-state index in [0.29, 0.717) is 28.4 Å². The van der Waals surface area contributed by atoms with Gasteiger partial charge in [-0.2, -0.15) is 0 Å². The molecule has 0 saturated carbocycles. The van der Waals surface area contributed by atoms with E-state index in [2.05, 4.69) is 5.92 Å². The van der Waals surface area contributed by atoms with Crippen LogP contribution in [0.25, 0.3) is 6.08 Å². The first-order chi connectivity index (χ1) is 11.7. The summed E-state index contributed by atoms with van der Waals surface area (Å²) in [7, 11) is 3.16. The van der Waals surface area contributed by atoms with Gasteiger partial charge < -0.3 is 14.2 Å². The average Bonchev–Trinajstić information content (AvgIpc) is 2.64. The van der Waals surface area contributed by atoms with Crippen LogP contribution in [0.5, 0.6) is 17.2 Å². The molecular formula is C20H18O4. The molecule has 0 aliphatic carbocycles. The molecule has 0 aliphatic rings. The molecule has 0 bridgehead atoms. The number of ketones is 1. The van der Waals surface area contributed by atoms with Gasteiger partial charge in [-0.1, -0.05) is 5.92 Å². The summed E-state index contributed by atoms with van der Waals surface area (Å²) in [6, 6.07) is 12.2. The Balaban J connectivity index is 2.22. The van der Waals surface area contributed by atoms with Crippen LogP contribution in [0.15, 0.2) is 48.5 Å². The Hall–Kier alpha value is -3.19. The predicted octanol–water partition coefficient (Wildman–Crippen LogP) is 3.61. The molecule has 0 spiro atoms. The molecule has 2 aromatic carbocycles. The molecule has 0 N–H and O–H groups in total. The Kier molecular flexibility index (Phi) is 6.04. The fourth-order valence-corrected chi connectivity index (χ4v) is 2.05. The first-order valence-electron chi connectivity index (χ1n) is 7.28. The third-order valence-electron chi connectivity index (χ3n) is 3.32. The summed E-state index contributed by atoms with van der Waals surface area (Å²) in [5.41, 5.74) is 1.28. The maximum absolute atomic E-state index is 12.3. The molecule has 0 fully saturated rings. The Morgan fingerprint density at radius 3 is 2.38 bits per heavy atom. The number of methoxy groups -OCH3 is 2. The van der Waals surface area contributed by atoms with Crippen molar-refractivity contribution in [2.75, 3.05) is 20.8 Å². The number of hydrogen-bond donors (Lipinski definition) is 0. The second kappa shape index (κ2) is 8.44. The van der Waals surface area contributed by atoms with Crippen molar-refractivity contribution < 1.29 is 19.0 Å². The number of rotatable bonds is 7. The van der Waals surface area contributed by atoms with Gasteiger partial charge in [0.1, 0.15) is 23.9 Å². The van der Waals surface area contributed by atoms with Crippen molar-refractivity contribution in [3.8, 4) is 29.6 Å². The third-order valence-corrected chi connectivity index (χ3v) is 3.32. The summed E-state index contributed by atoms with van der Waals surface area (Å²) in [6.07, 6.45) is 8.39. The van der Waals surface area contributed by atoms with Gasteiger partial charge in [-0.3, -0.25) is 4.79 Å². The van der Waals surface area contributed by atoms with E-state index in [-0.39, 0.29) is 12.4 Å². The zero-order chi connectivity index (χ0) is 17.4. The van der Waals surface area contributed by atoms with Crippen LogP contribution >= 0.6 is 0 Å². The van der Waals surface area contributed by atoms with Gasteiger partial charge in [0.05, 0.1) is 14.2 Å². The Bertz CT molecular complexity index is 767. The van der Waals surface area contributed by atoms with Crippen LogP contribution in [0.3, 0.4) is 0 Å². The van der Waals surface area contributed by atoms with Crippen LogP contribution in [0, 0.1) is 12.3 Å². The number of benzene rings is 2. The van der Waals surface area contributed by atoms with Crippen LogP contribution in [0.2, 0.25) is 0 Å². The minimum absolute atomic E-state index is 0.122. The van der Waals surface area contributed by atoms with Crippen molar-refractivity contribution in [3.05, 3.63) is 59.7 Å². The molecule has 0 unspecified atom stereocenters. The molecular weight excluding hydrogens is 304 g/mol. The normalized spacial score (nSPS) is 10.2. The van der Waals surface area contributed by atoms with Gasteiger partial charge >= 0.3 is 0 Å². The Morgan fingerprint density at radius 2 is 1.75 bits per heavy atom. The highest BCUT2D eigenvalue weighted by Crippen LogP contribution is 2.25. The monoisotopic (exact) mass is 322 g/mol. The summed E-state index contributed by atoms with van der Waals surface area (Å²) >= 11 is 0. The van der Waals surface area contributed by atoms with Crippen LogP contribution in [-0.4, -0.2) is 26.6 Å². The van der Waals surface area contributed by atoms with E-state index in [4.69, 9.17) is 20.6 Å². The molecule has 0 radical (unpaired) electrons. The van der Waals surface area contributed by atoms with E-state index in [1.807, 2.05) is 0 Å². The van der Waals surface area contributed by atoms with Crippen molar-refractivity contribution in [3.63, 3.8) is 0 Å². The Morgan fingerprint density at radius 1 is 1.08 bits per heavy atom. The van der Waals surface area contributed by atoms with Crippen molar-refractivity contribution in [2.45, 2.75) is 0 Å². The first kappa shape index (κ1) is 17.2. The number of hydrogen-bond acceptors (Lipinski definition) is 4. The summed E-state index contributed by atoms with van der Waals surface area (Å²) in [5, 5.41) is 0. The van der Waals surface area contributed by atoms with Gasteiger partial charge in [-0.25, -0.2) is 0 Å². The van der Waals surface area contributed by atoms with E-state index in [0.717, 1.165) is 0 Å². The molecule has 0 aromatic heterocycles. The Labute approximate surface area is 141 Å². The van der Waals surface area contributed by atoms with E-state index in [1.54, 1.807) is 62.8 Å². The van der Waals surface area contributed by atoms with Gasteiger partial charge in [-0.15, -0.1) is 6.42 Å². The van der Waals surface area contributed by atoms with Crippen LogP contribution in [-0.2, 0) is 0 Å². The maximum atomic E-state index is 12.3. The van der Waals surface area contributed by atoms with E-state index in [9.17, 15) is 4.79 Å². The quantitative estimate of drug-likeness (QED) is 0.444. The second-order valence-corrected chi connectivity index (χ2v) is 4.82. The van der Waals surface area contributed by atoms with E-state index in [1.165, 1.54) is 6.08 Å². The maximum Gasteiger partial charge on any atom is 0.185 e. The summed E-state index contributed by atoms with van der Waals surface area (Å²) in [6.45, 7) is 0.152. The molecule has 4 heteroatoms. The van der Waals surface area contributed by atoms with Crippen molar-refractivity contribution >= 4 is 11.9 Å². The highest BCUT2D eigenvalue weighted by atomic mass is 16.5. The zero-order valence-corrected chi connectivity index (χ0v) is 13.6. The van der Waals surface area contributed by atoms with Gasteiger partial charge in [-0.05, 0) is 54.6 Å². The van der Waals surface area contributed by atoms with E-state index >= 15 is 0 Å². The van der Waals surface area contributed by atoms with Gasteiger partial charge in [0.25, 0.3) is 0 Å². The molecule has 0 amide bonds. The van der Waals surface area contributed by atoms with Crippen molar-refractivity contribution in [2.24, 2.45) is 0 Å². The molecule has 2 rings (SSSR count). The topological polar surface area (TPSA) is 44.8 Å². The number of carbonyl (C=O) groups is 1. The number of ether oxygens (including phenoxy) is 3. The highest BCUT2D eigenvalue weighted by Gasteiger charge is 2.06. The van der Waals surface area contributed by atoms with Crippen LogP contribution < -0.4 is 14.2 Å². The molecule has 0 saturated heterocycles. The fraction of sp³-hybridized carbons (Fsp3) is 0.150.